The van der Waals surface area contributed by atoms with Gasteiger partial charge in [0.2, 0.25) is 5.91 Å². The van der Waals surface area contributed by atoms with Crippen molar-refractivity contribution in [2.75, 3.05) is 5.32 Å². The van der Waals surface area contributed by atoms with Gasteiger partial charge in [0, 0.05) is 30.8 Å². The Kier molecular flexibility index (Phi) is 7.54. The maximum absolute atomic E-state index is 12.5. The topological polar surface area (TPSA) is 84.5 Å². The first kappa shape index (κ1) is 22.5. The first-order chi connectivity index (χ1) is 15.4. The predicted molar refractivity (Wildman–Crippen MR) is 124 cm³/mol. The van der Waals surface area contributed by atoms with Gasteiger partial charge in [-0.3, -0.25) is 14.4 Å². The predicted octanol–water partition coefficient (Wildman–Crippen LogP) is 4.50. The number of nitrogens with one attached hydrogen (secondary N) is 2. The average molecular weight is 428 g/mol. The minimum atomic E-state index is -0.455. The molecule has 0 fully saturated rings. The van der Waals surface area contributed by atoms with Crippen LogP contribution in [0.1, 0.15) is 34.0 Å². The molecule has 0 heterocycles. The fourth-order valence-corrected chi connectivity index (χ4v) is 2.96. The number of benzene rings is 3. The number of carbonyl (C=O) groups is 3. The van der Waals surface area contributed by atoms with Crippen LogP contribution in [-0.4, -0.2) is 17.8 Å². The molecule has 2 N–H and O–H groups in total. The van der Waals surface area contributed by atoms with E-state index >= 15 is 0 Å². The highest BCUT2D eigenvalue weighted by atomic mass is 16.5. The van der Waals surface area contributed by atoms with Gasteiger partial charge in [0.15, 0.2) is 0 Å². The van der Waals surface area contributed by atoms with Crippen molar-refractivity contribution in [3.05, 3.63) is 101 Å². The SMILES string of the molecule is CC(=O)Oc1cccc(C(=O)NCc2ccccc2NC(=O)/C=C/c2ccc(C)cc2)c1. The van der Waals surface area contributed by atoms with Gasteiger partial charge >= 0.3 is 5.97 Å². The van der Waals surface area contributed by atoms with Crippen molar-refractivity contribution in [1.82, 2.24) is 5.32 Å². The molecule has 0 aliphatic rings. The molecule has 3 aromatic rings. The van der Waals surface area contributed by atoms with E-state index in [0.29, 0.717) is 17.0 Å². The van der Waals surface area contributed by atoms with Crippen LogP contribution in [0.25, 0.3) is 6.08 Å². The highest BCUT2D eigenvalue weighted by molar-refractivity contribution is 6.02. The van der Waals surface area contributed by atoms with E-state index in [9.17, 15) is 14.4 Å². The molecule has 0 bridgehead atoms. The molecule has 0 atom stereocenters. The van der Waals surface area contributed by atoms with Crippen LogP contribution in [0.4, 0.5) is 5.69 Å². The molecular weight excluding hydrogens is 404 g/mol. The summed E-state index contributed by atoms with van der Waals surface area (Å²) in [6.07, 6.45) is 3.22. The largest absolute Gasteiger partial charge is 0.427 e. The van der Waals surface area contributed by atoms with E-state index in [4.69, 9.17) is 4.74 Å². The Bertz CT molecular complexity index is 1150. The maximum Gasteiger partial charge on any atom is 0.308 e. The van der Waals surface area contributed by atoms with Gasteiger partial charge in [-0.25, -0.2) is 0 Å². The Hall–Kier alpha value is -4.19. The molecule has 0 saturated carbocycles. The summed E-state index contributed by atoms with van der Waals surface area (Å²) < 4.78 is 5.02. The summed E-state index contributed by atoms with van der Waals surface area (Å²) in [6.45, 7) is 3.52. The molecule has 0 aliphatic carbocycles. The summed E-state index contributed by atoms with van der Waals surface area (Å²) in [4.78, 5) is 36.0. The molecule has 6 heteroatoms. The van der Waals surface area contributed by atoms with Gasteiger partial charge in [0.1, 0.15) is 5.75 Å². The third-order valence-corrected chi connectivity index (χ3v) is 4.58. The molecular formula is C26H24N2O4. The maximum atomic E-state index is 12.5. The number of carbonyl (C=O) groups excluding carboxylic acids is 3. The minimum Gasteiger partial charge on any atom is -0.427 e. The normalized spacial score (nSPS) is 10.6. The lowest BCUT2D eigenvalue weighted by Crippen LogP contribution is -2.23. The lowest BCUT2D eigenvalue weighted by Gasteiger charge is -2.11. The van der Waals surface area contributed by atoms with Crippen LogP contribution < -0.4 is 15.4 Å². The molecule has 0 aromatic heterocycles. The number of aryl methyl sites for hydroxylation is 1. The fraction of sp³-hybridized carbons (Fsp3) is 0.115. The number of ether oxygens (including phenoxy) is 1. The standard InChI is InChI=1S/C26H24N2O4/c1-18-10-12-20(13-11-18)14-15-25(30)28-24-9-4-3-6-22(24)17-27-26(31)21-7-5-8-23(16-21)32-19(2)29/h3-16H,17H2,1-2H3,(H,27,31)(H,28,30)/b15-14+. The highest BCUT2D eigenvalue weighted by Crippen LogP contribution is 2.17. The number of anilines is 1. The zero-order valence-corrected chi connectivity index (χ0v) is 17.9. The summed E-state index contributed by atoms with van der Waals surface area (Å²) in [7, 11) is 0. The number of rotatable bonds is 7. The second-order valence-electron chi connectivity index (χ2n) is 7.19. The number of amides is 2. The van der Waals surface area contributed by atoms with Crippen molar-refractivity contribution >= 4 is 29.5 Å². The molecule has 162 valence electrons. The molecule has 2 amide bonds. The Morgan fingerprint density at radius 1 is 0.938 bits per heavy atom. The van der Waals surface area contributed by atoms with Crippen LogP contribution >= 0.6 is 0 Å². The Morgan fingerprint density at radius 2 is 1.69 bits per heavy atom. The quantitative estimate of drug-likeness (QED) is 0.330. The van der Waals surface area contributed by atoms with Crippen molar-refractivity contribution in [2.45, 2.75) is 20.4 Å². The van der Waals surface area contributed by atoms with E-state index in [1.807, 2.05) is 49.4 Å². The Morgan fingerprint density at radius 3 is 2.44 bits per heavy atom. The van der Waals surface area contributed by atoms with Crippen LogP contribution in [0.2, 0.25) is 0 Å². The van der Waals surface area contributed by atoms with Gasteiger partial charge in [0.25, 0.3) is 5.91 Å². The third-order valence-electron chi connectivity index (χ3n) is 4.58. The molecule has 0 saturated heterocycles. The Balaban J connectivity index is 1.62. The molecule has 0 spiro atoms. The number of esters is 1. The molecule has 0 radical (unpaired) electrons. The Labute approximate surface area is 186 Å². The van der Waals surface area contributed by atoms with E-state index in [-0.39, 0.29) is 18.4 Å². The molecule has 0 unspecified atom stereocenters. The van der Waals surface area contributed by atoms with Crippen LogP contribution in [0, 0.1) is 6.92 Å². The lowest BCUT2D eigenvalue weighted by molar-refractivity contribution is -0.131. The van der Waals surface area contributed by atoms with Crippen LogP contribution in [0.15, 0.2) is 78.9 Å². The van der Waals surface area contributed by atoms with E-state index in [0.717, 1.165) is 16.7 Å². The average Bonchev–Trinajstić information content (AvgIpc) is 2.77. The second kappa shape index (κ2) is 10.7. The lowest BCUT2D eigenvalue weighted by atomic mass is 10.1. The summed E-state index contributed by atoms with van der Waals surface area (Å²) in [5.74, 6) is -0.736. The monoisotopic (exact) mass is 428 g/mol. The highest BCUT2D eigenvalue weighted by Gasteiger charge is 2.10. The van der Waals surface area contributed by atoms with Gasteiger partial charge in [-0.05, 0) is 48.4 Å². The van der Waals surface area contributed by atoms with Gasteiger partial charge in [0.05, 0.1) is 0 Å². The van der Waals surface area contributed by atoms with Crippen LogP contribution in [-0.2, 0) is 16.1 Å². The van der Waals surface area contributed by atoms with Gasteiger partial charge in [-0.1, -0.05) is 54.1 Å². The first-order valence-corrected chi connectivity index (χ1v) is 10.1. The van der Waals surface area contributed by atoms with Crippen LogP contribution in [0.5, 0.6) is 5.75 Å². The fourth-order valence-electron chi connectivity index (χ4n) is 2.96. The smallest absolute Gasteiger partial charge is 0.308 e. The number of hydrogen-bond acceptors (Lipinski definition) is 4. The minimum absolute atomic E-state index is 0.217. The van der Waals surface area contributed by atoms with E-state index in [1.54, 1.807) is 30.3 Å². The van der Waals surface area contributed by atoms with Crippen molar-refractivity contribution in [3.8, 4) is 5.75 Å². The number of para-hydroxylation sites is 1. The van der Waals surface area contributed by atoms with Gasteiger partial charge in [-0.2, -0.15) is 0 Å². The number of hydrogen-bond donors (Lipinski definition) is 2. The molecule has 0 aliphatic heterocycles. The van der Waals surface area contributed by atoms with Crippen LogP contribution in [0.3, 0.4) is 0 Å². The molecule has 6 nitrogen and oxygen atoms in total. The third kappa shape index (κ3) is 6.67. The van der Waals surface area contributed by atoms with Crippen molar-refractivity contribution in [3.63, 3.8) is 0 Å². The molecule has 3 rings (SSSR count). The summed E-state index contributed by atoms with van der Waals surface area (Å²) in [6, 6.07) is 21.5. The van der Waals surface area contributed by atoms with E-state index in [2.05, 4.69) is 10.6 Å². The molecule has 32 heavy (non-hydrogen) atoms. The van der Waals surface area contributed by atoms with E-state index < -0.39 is 5.97 Å². The van der Waals surface area contributed by atoms with Crippen molar-refractivity contribution < 1.29 is 19.1 Å². The zero-order valence-electron chi connectivity index (χ0n) is 17.9. The summed E-state index contributed by atoms with van der Waals surface area (Å²) in [5.41, 5.74) is 3.82. The van der Waals surface area contributed by atoms with Crippen molar-refractivity contribution in [2.24, 2.45) is 0 Å². The summed E-state index contributed by atoms with van der Waals surface area (Å²) >= 11 is 0. The van der Waals surface area contributed by atoms with Gasteiger partial charge < -0.3 is 15.4 Å². The van der Waals surface area contributed by atoms with E-state index in [1.165, 1.54) is 19.1 Å². The summed E-state index contributed by atoms with van der Waals surface area (Å²) in [5, 5.41) is 5.68. The first-order valence-electron chi connectivity index (χ1n) is 10.1. The van der Waals surface area contributed by atoms with Crippen molar-refractivity contribution in [1.29, 1.82) is 0 Å². The molecule has 3 aromatic carbocycles. The van der Waals surface area contributed by atoms with Gasteiger partial charge in [-0.15, -0.1) is 0 Å². The second-order valence-corrected chi connectivity index (χ2v) is 7.19. The zero-order chi connectivity index (χ0) is 22.9.